The SMILES string of the molecule is C=C[C@@H]1CC1(NC(=O)[C@@H]1CC2CN1C(=O)[C@@H](C(C)(C)C)NC(=O)O[C@@H](C)COc1cccc(c1)-c1cc3ccccc3nc1O2)C(=O)NS(=O)(=O)C1CC1. The van der Waals surface area contributed by atoms with Crippen LogP contribution in [0.1, 0.15) is 53.4 Å². The Labute approximate surface area is 314 Å². The van der Waals surface area contributed by atoms with Gasteiger partial charge in [0.05, 0.1) is 17.3 Å². The largest absolute Gasteiger partial charge is 0.490 e. The first-order valence-electron chi connectivity index (χ1n) is 18.2. The number of para-hydroxylation sites is 1. The van der Waals surface area contributed by atoms with Crippen LogP contribution < -0.4 is 24.8 Å². The molecule has 2 aromatic carbocycles. The Morgan fingerprint density at radius 3 is 2.54 bits per heavy atom. The van der Waals surface area contributed by atoms with Crippen LogP contribution in [0.3, 0.4) is 0 Å². The molecule has 7 rings (SSSR count). The van der Waals surface area contributed by atoms with Crippen molar-refractivity contribution in [3.05, 3.63) is 67.3 Å². The lowest BCUT2D eigenvalue weighted by Gasteiger charge is -2.35. The van der Waals surface area contributed by atoms with Crippen molar-refractivity contribution in [1.29, 1.82) is 0 Å². The van der Waals surface area contributed by atoms with Crippen LogP contribution in [-0.4, -0.2) is 90.3 Å². The van der Waals surface area contributed by atoms with Crippen LogP contribution in [0.2, 0.25) is 0 Å². The molecule has 3 fully saturated rings. The highest BCUT2D eigenvalue weighted by atomic mass is 32.2. The molecule has 3 heterocycles. The Kier molecular flexibility index (Phi) is 9.57. The van der Waals surface area contributed by atoms with Gasteiger partial charge in [0.25, 0.3) is 5.91 Å². The number of nitrogens with zero attached hydrogens (tertiary/aromatic N) is 2. The van der Waals surface area contributed by atoms with Crippen LogP contribution in [0.4, 0.5) is 4.79 Å². The number of ether oxygens (including phenoxy) is 3. The van der Waals surface area contributed by atoms with Crippen molar-refractivity contribution in [3.63, 3.8) is 0 Å². The van der Waals surface area contributed by atoms with Crippen molar-refractivity contribution in [3.8, 4) is 22.8 Å². The van der Waals surface area contributed by atoms with Gasteiger partial charge in [-0.25, -0.2) is 18.2 Å². The first-order valence-corrected chi connectivity index (χ1v) is 19.7. The Balaban J connectivity index is 1.27. The van der Waals surface area contributed by atoms with Gasteiger partial charge in [-0.3, -0.25) is 19.1 Å². The van der Waals surface area contributed by atoms with E-state index in [2.05, 4.69) is 21.9 Å². The fraction of sp³-hybridized carbons (Fsp3) is 0.462. The smallest absolute Gasteiger partial charge is 0.408 e. The van der Waals surface area contributed by atoms with E-state index < -0.39 is 80.3 Å². The molecule has 4 bridgehead atoms. The number of amides is 4. The number of nitrogens with one attached hydrogen (secondary N) is 3. The molecular weight excluding hydrogens is 715 g/mol. The van der Waals surface area contributed by atoms with Gasteiger partial charge in [-0.05, 0) is 61.4 Å². The third-order valence-electron chi connectivity index (χ3n) is 10.4. The van der Waals surface area contributed by atoms with Gasteiger partial charge in [0, 0.05) is 23.3 Å². The van der Waals surface area contributed by atoms with E-state index in [0.717, 1.165) is 10.9 Å². The Morgan fingerprint density at radius 2 is 1.83 bits per heavy atom. The summed E-state index contributed by atoms with van der Waals surface area (Å²) in [5.74, 6) is -1.81. The molecule has 6 atom stereocenters. The van der Waals surface area contributed by atoms with Gasteiger partial charge >= 0.3 is 6.09 Å². The molecule has 2 aliphatic heterocycles. The van der Waals surface area contributed by atoms with Gasteiger partial charge in [0.1, 0.15) is 42.2 Å². The maximum Gasteiger partial charge on any atom is 0.408 e. The van der Waals surface area contributed by atoms with E-state index in [0.29, 0.717) is 29.7 Å². The topological polar surface area (TPSA) is 182 Å². The molecule has 2 aliphatic carbocycles. The summed E-state index contributed by atoms with van der Waals surface area (Å²) in [5.41, 5.74) is -0.336. The number of alkyl carbamates (subject to hydrolysis) is 1. The van der Waals surface area contributed by atoms with Gasteiger partial charge in [-0.15, -0.1) is 6.58 Å². The Morgan fingerprint density at radius 1 is 1.07 bits per heavy atom. The lowest BCUT2D eigenvalue weighted by molar-refractivity contribution is -0.143. The minimum Gasteiger partial charge on any atom is -0.490 e. The number of fused-ring (bicyclic) bond motifs is 7. The van der Waals surface area contributed by atoms with E-state index in [4.69, 9.17) is 19.2 Å². The number of hydrogen-bond acceptors (Lipinski definition) is 10. The first kappa shape index (κ1) is 37.1. The number of pyridine rings is 1. The van der Waals surface area contributed by atoms with Crippen LogP contribution >= 0.6 is 0 Å². The molecule has 286 valence electrons. The number of sulfonamides is 1. The van der Waals surface area contributed by atoms with Crippen molar-refractivity contribution in [2.45, 2.75) is 88.5 Å². The van der Waals surface area contributed by atoms with Crippen LogP contribution in [0, 0.1) is 11.3 Å². The highest BCUT2D eigenvalue weighted by Crippen LogP contribution is 2.46. The summed E-state index contributed by atoms with van der Waals surface area (Å²) in [4.78, 5) is 62.0. The summed E-state index contributed by atoms with van der Waals surface area (Å²) in [6.07, 6.45) is 0.259. The molecule has 3 N–H and O–H groups in total. The third-order valence-corrected chi connectivity index (χ3v) is 12.2. The molecule has 15 heteroatoms. The fourth-order valence-corrected chi connectivity index (χ4v) is 8.46. The average molecular weight is 760 g/mol. The quantitative estimate of drug-likeness (QED) is 0.313. The molecule has 0 radical (unpaired) electrons. The summed E-state index contributed by atoms with van der Waals surface area (Å²) in [7, 11) is -3.91. The second-order valence-corrected chi connectivity index (χ2v) is 17.7. The van der Waals surface area contributed by atoms with Crippen LogP contribution in [0.5, 0.6) is 11.6 Å². The van der Waals surface area contributed by atoms with E-state index in [1.165, 1.54) is 11.0 Å². The van der Waals surface area contributed by atoms with E-state index in [-0.39, 0.29) is 31.9 Å². The predicted octanol–water partition coefficient (Wildman–Crippen LogP) is 3.84. The molecule has 4 aliphatic rings. The number of benzene rings is 2. The Bertz CT molecular complexity index is 2130. The van der Waals surface area contributed by atoms with Crippen molar-refractivity contribution >= 4 is 44.7 Å². The number of hydrogen-bond donors (Lipinski definition) is 3. The van der Waals surface area contributed by atoms with Gasteiger partial charge < -0.3 is 29.7 Å². The lowest BCUT2D eigenvalue weighted by atomic mass is 9.85. The summed E-state index contributed by atoms with van der Waals surface area (Å²) < 4.78 is 45.9. The van der Waals surface area contributed by atoms with Crippen molar-refractivity contribution in [1.82, 2.24) is 25.2 Å². The van der Waals surface area contributed by atoms with E-state index in [1.807, 2.05) is 48.5 Å². The van der Waals surface area contributed by atoms with Crippen LogP contribution in [-0.2, 0) is 29.1 Å². The number of aromatic nitrogens is 1. The molecule has 1 saturated heterocycles. The zero-order chi connectivity index (χ0) is 38.6. The van der Waals surface area contributed by atoms with Crippen molar-refractivity contribution in [2.75, 3.05) is 13.2 Å². The van der Waals surface area contributed by atoms with E-state index >= 15 is 0 Å². The predicted molar refractivity (Wildman–Crippen MR) is 199 cm³/mol. The third kappa shape index (κ3) is 7.46. The zero-order valence-electron chi connectivity index (χ0n) is 30.7. The molecule has 2 unspecified atom stereocenters. The molecule has 54 heavy (non-hydrogen) atoms. The number of carbonyl (C=O) groups is 4. The molecule has 4 amide bonds. The standard InChI is InChI=1S/C39H45N5O9S/c1-6-25-19-39(25,36(47)43-54(49,50)28-14-15-28)42-33(45)31-18-27-20-44(31)35(46)32(38(3,4)5)41-37(48)52-22(2)21-51-26-12-9-11-23(16-26)29-17-24-10-7-8-13-30(24)40-34(29)53-27/h6-13,16-17,22,25,27-28,31-32H,1,14-15,18-21H2,2-5H3,(H,41,48)(H,42,45)(H,43,47)/t22-,25+,27?,31-,32-,39?/m0/s1. The summed E-state index contributed by atoms with van der Waals surface area (Å²) in [6.45, 7) is 10.8. The first-order chi connectivity index (χ1) is 25.6. The molecule has 0 spiro atoms. The lowest BCUT2D eigenvalue weighted by Crippen LogP contribution is -2.60. The van der Waals surface area contributed by atoms with Gasteiger partial charge in [-0.1, -0.05) is 57.2 Å². The molecular formula is C39H45N5O9S. The van der Waals surface area contributed by atoms with Crippen molar-refractivity contribution in [2.24, 2.45) is 11.3 Å². The van der Waals surface area contributed by atoms with Crippen molar-refractivity contribution < 1.29 is 41.8 Å². The number of carbonyl (C=O) groups excluding carboxylic acids is 4. The van der Waals surface area contributed by atoms with Gasteiger partial charge in [-0.2, -0.15) is 0 Å². The van der Waals surface area contributed by atoms with Crippen LogP contribution in [0.15, 0.2) is 67.3 Å². The second kappa shape index (κ2) is 13.9. The maximum absolute atomic E-state index is 14.6. The Hall–Kier alpha value is -5.18. The minimum atomic E-state index is -3.91. The second-order valence-electron chi connectivity index (χ2n) is 15.7. The van der Waals surface area contributed by atoms with E-state index in [1.54, 1.807) is 33.8 Å². The minimum absolute atomic E-state index is 0.00381. The highest BCUT2D eigenvalue weighted by molar-refractivity contribution is 7.91. The van der Waals surface area contributed by atoms with Crippen LogP contribution in [0.25, 0.3) is 22.0 Å². The normalized spacial score (nSPS) is 27.3. The van der Waals surface area contributed by atoms with Gasteiger partial charge in [0.2, 0.25) is 27.7 Å². The monoisotopic (exact) mass is 759 g/mol. The maximum atomic E-state index is 14.6. The summed E-state index contributed by atoms with van der Waals surface area (Å²) in [6, 6.07) is 14.6. The molecule has 3 aromatic rings. The molecule has 1 aromatic heterocycles. The highest BCUT2D eigenvalue weighted by Gasteiger charge is 2.62. The van der Waals surface area contributed by atoms with Gasteiger partial charge in [0.15, 0.2) is 0 Å². The number of rotatable bonds is 6. The average Bonchev–Trinajstić information content (AvgIpc) is 4.05. The number of cyclic esters (lactones) is 1. The summed E-state index contributed by atoms with van der Waals surface area (Å²) in [5, 5.41) is 5.74. The zero-order valence-corrected chi connectivity index (χ0v) is 31.5. The fourth-order valence-electron chi connectivity index (χ4n) is 7.10. The van der Waals surface area contributed by atoms with E-state index in [9.17, 15) is 27.6 Å². The molecule has 14 nitrogen and oxygen atoms in total. The molecule has 2 saturated carbocycles. The summed E-state index contributed by atoms with van der Waals surface area (Å²) >= 11 is 0.